The van der Waals surface area contributed by atoms with Crippen molar-refractivity contribution in [3.63, 3.8) is 0 Å². The van der Waals surface area contributed by atoms with Gasteiger partial charge in [0.2, 0.25) is 12.1 Å². The fraction of sp³-hybridized carbons (Fsp3) is 0.267. The zero-order chi connectivity index (χ0) is 14.5. The van der Waals surface area contributed by atoms with E-state index in [4.69, 9.17) is 0 Å². The summed E-state index contributed by atoms with van der Waals surface area (Å²) in [6.45, 7) is 2.32. The number of rotatable bonds is 5. The van der Waals surface area contributed by atoms with E-state index >= 15 is 0 Å². The molecule has 1 aromatic heterocycles. The topological polar surface area (TPSA) is 36.6 Å². The van der Waals surface area contributed by atoms with E-state index in [1.165, 1.54) is 11.3 Å². The van der Waals surface area contributed by atoms with E-state index in [9.17, 15) is 4.79 Å². The molecule has 2 aromatic rings. The first-order valence-corrected chi connectivity index (χ1v) is 7.21. The van der Waals surface area contributed by atoms with Crippen LogP contribution >= 0.6 is 11.3 Å². The summed E-state index contributed by atoms with van der Waals surface area (Å²) in [6.07, 6.45) is 3.62. The lowest BCUT2D eigenvalue weighted by Crippen LogP contribution is -2.35. The maximum absolute atomic E-state index is 12.2. The molecular formula is C15H18N3OS+. The normalized spacial score (nSPS) is 10.9. The Kier molecular flexibility index (Phi) is 4.63. The molecule has 1 aromatic carbocycles. The molecule has 0 amide bonds. The summed E-state index contributed by atoms with van der Waals surface area (Å²) < 4.78 is 1.87. The number of benzene rings is 1. The molecule has 20 heavy (non-hydrogen) atoms. The molecule has 0 aliphatic carbocycles. The van der Waals surface area contributed by atoms with Crippen molar-refractivity contribution in [3.05, 3.63) is 47.0 Å². The van der Waals surface area contributed by atoms with Gasteiger partial charge in [0.15, 0.2) is 6.54 Å². The monoisotopic (exact) mass is 288 g/mol. The van der Waals surface area contributed by atoms with Crippen LogP contribution in [0.4, 0.5) is 5.13 Å². The predicted molar refractivity (Wildman–Crippen MR) is 81.9 cm³/mol. The zero-order valence-electron chi connectivity index (χ0n) is 11.9. The smallest absolute Gasteiger partial charge is 0.348 e. The van der Waals surface area contributed by atoms with Crippen LogP contribution in [0.3, 0.4) is 0 Å². The molecule has 0 saturated heterocycles. The fourth-order valence-electron chi connectivity index (χ4n) is 1.67. The Morgan fingerprint density at radius 1 is 1.35 bits per heavy atom. The van der Waals surface area contributed by atoms with Gasteiger partial charge in [-0.25, -0.2) is 4.57 Å². The van der Waals surface area contributed by atoms with Crippen LogP contribution in [0.1, 0.15) is 15.9 Å². The summed E-state index contributed by atoms with van der Waals surface area (Å²) >= 11 is 1.52. The Balaban J connectivity index is 2.12. The molecule has 1 heterocycles. The van der Waals surface area contributed by atoms with Crippen molar-refractivity contribution in [2.75, 3.05) is 14.1 Å². The van der Waals surface area contributed by atoms with Gasteiger partial charge < -0.3 is 4.90 Å². The molecule has 4 nitrogen and oxygen atoms in total. The molecular weight excluding hydrogens is 270 g/mol. The summed E-state index contributed by atoms with van der Waals surface area (Å²) in [5.41, 5.74) is 1.89. The highest BCUT2D eigenvalue weighted by Crippen LogP contribution is 2.13. The van der Waals surface area contributed by atoms with Crippen LogP contribution in [0, 0.1) is 6.92 Å². The third kappa shape index (κ3) is 3.74. The molecule has 0 unspecified atom stereocenters. The van der Waals surface area contributed by atoms with Crippen molar-refractivity contribution in [3.8, 4) is 0 Å². The van der Waals surface area contributed by atoms with Gasteiger partial charge in [-0.3, -0.25) is 4.79 Å². The third-order valence-electron chi connectivity index (χ3n) is 2.75. The number of Topliss-reactive ketones (excluding diaryl/α,β-unsaturated/α-hetero) is 1. The number of carbonyl (C=O) groups is 1. The Bertz CT molecular complexity index is 614. The third-order valence-corrected chi connectivity index (χ3v) is 3.56. The Labute approximate surface area is 123 Å². The number of nitrogens with zero attached hydrogens (tertiary/aromatic N) is 3. The number of hydrogen-bond donors (Lipinski definition) is 0. The molecule has 0 aliphatic rings. The van der Waals surface area contributed by atoms with E-state index in [2.05, 4.69) is 4.99 Å². The number of aliphatic imine (C=N–C) groups is 1. The van der Waals surface area contributed by atoms with Crippen molar-refractivity contribution in [1.82, 2.24) is 4.90 Å². The lowest BCUT2D eigenvalue weighted by atomic mass is 10.1. The van der Waals surface area contributed by atoms with E-state index in [1.807, 2.05) is 66.3 Å². The molecule has 104 valence electrons. The van der Waals surface area contributed by atoms with Gasteiger partial charge in [0, 0.05) is 25.0 Å². The van der Waals surface area contributed by atoms with Gasteiger partial charge >= 0.3 is 5.13 Å². The van der Waals surface area contributed by atoms with Gasteiger partial charge in [0.05, 0.1) is 0 Å². The molecule has 0 aliphatic heterocycles. The Morgan fingerprint density at radius 2 is 2.05 bits per heavy atom. The average molecular weight is 288 g/mol. The lowest BCUT2D eigenvalue weighted by Gasteiger charge is -2.00. The van der Waals surface area contributed by atoms with E-state index in [1.54, 1.807) is 6.34 Å². The van der Waals surface area contributed by atoms with E-state index < -0.39 is 0 Å². The van der Waals surface area contributed by atoms with Crippen LogP contribution in [0.5, 0.6) is 0 Å². The van der Waals surface area contributed by atoms with Gasteiger partial charge in [-0.05, 0) is 11.9 Å². The highest BCUT2D eigenvalue weighted by atomic mass is 32.1. The van der Waals surface area contributed by atoms with Crippen molar-refractivity contribution < 1.29 is 9.36 Å². The second-order valence-corrected chi connectivity index (χ2v) is 5.68. The van der Waals surface area contributed by atoms with Gasteiger partial charge in [-0.15, -0.1) is 0 Å². The van der Waals surface area contributed by atoms with Gasteiger partial charge in [0.1, 0.15) is 6.20 Å². The van der Waals surface area contributed by atoms with Crippen LogP contribution in [0.25, 0.3) is 0 Å². The fourth-order valence-corrected chi connectivity index (χ4v) is 2.37. The number of aryl methyl sites for hydroxylation is 1. The summed E-state index contributed by atoms with van der Waals surface area (Å²) in [6, 6.07) is 7.65. The number of ketones is 1. The molecule has 0 bridgehead atoms. The van der Waals surface area contributed by atoms with Crippen LogP contribution in [0.2, 0.25) is 0 Å². The highest BCUT2D eigenvalue weighted by Gasteiger charge is 2.15. The largest absolute Gasteiger partial charge is 0.384 e. The minimum Gasteiger partial charge on any atom is -0.348 e. The minimum absolute atomic E-state index is 0.0923. The second kappa shape index (κ2) is 6.43. The van der Waals surface area contributed by atoms with Crippen LogP contribution in [-0.2, 0) is 6.54 Å². The first-order chi connectivity index (χ1) is 9.56. The molecule has 5 heteroatoms. The first-order valence-electron chi connectivity index (χ1n) is 6.33. The SMILES string of the molecule is Cc1ccc(C(=O)C[n+]2ccsc2N=CN(C)C)cc1. The van der Waals surface area contributed by atoms with Crippen molar-refractivity contribution >= 4 is 28.6 Å². The number of thiazole rings is 1. The summed E-state index contributed by atoms with van der Waals surface area (Å²) in [7, 11) is 3.83. The number of aromatic nitrogens is 1. The Morgan fingerprint density at radius 3 is 2.70 bits per heavy atom. The Hall–Kier alpha value is -2.01. The minimum atomic E-state index is 0.0923. The molecule has 0 spiro atoms. The predicted octanol–water partition coefficient (Wildman–Crippen LogP) is 2.45. The molecule has 0 radical (unpaired) electrons. The maximum Gasteiger partial charge on any atom is 0.384 e. The highest BCUT2D eigenvalue weighted by molar-refractivity contribution is 7.12. The van der Waals surface area contributed by atoms with Crippen LogP contribution in [-0.4, -0.2) is 31.1 Å². The van der Waals surface area contributed by atoms with Crippen molar-refractivity contribution in [1.29, 1.82) is 0 Å². The maximum atomic E-state index is 12.2. The average Bonchev–Trinajstić information content (AvgIpc) is 2.84. The van der Waals surface area contributed by atoms with E-state index in [0.29, 0.717) is 6.54 Å². The summed E-state index contributed by atoms with van der Waals surface area (Å²) in [5.74, 6) is 0.0923. The van der Waals surface area contributed by atoms with Gasteiger partial charge in [-0.1, -0.05) is 41.2 Å². The summed E-state index contributed by atoms with van der Waals surface area (Å²) in [5, 5.41) is 2.75. The summed E-state index contributed by atoms with van der Waals surface area (Å²) in [4.78, 5) is 18.5. The van der Waals surface area contributed by atoms with Crippen molar-refractivity contribution in [2.45, 2.75) is 13.5 Å². The number of hydrogen-bond acceptors (Lipinski definition) is 3. The molecule has 2 rings (SSSR count). The van der Waals surface area contributed by atoms with Gasteiger partial charge in [-0.2, -0.15) is 0 Å². The van der Waals surface area contributed by atoms with Crippen LogP contribution < -0.4 is 4.57 Å². The van der Waals surface area contributed by atoms with Gasteiger partial charge in [0.25, 0.3) is 0 Å². The van der Waals surface area contributed by atoms with E-state index in [-0.39, 0.29) is 5.78 Å². The lowest BCUT2D eigenvalue weighted by molar-refractivity contribution is -0.665. The number of carbonyl (C=O) groups excluding carboxylic acids is 1. The van der Waals surface area contributed by atoms with Crippen molar-refractivity contribution in [2.24, 2.45) is 4.99 Å². The first kappa shape index (κ1) is 14.4. The second-order valence-electron chi connectivity index (χ2n) is 4.81. The quantitative estimate of drug-likeness (QED) is 0.367. The molecule has 0 fully saturated rings. The van der Waals surface area contributed by atoms with E-state index in [0.717, 1.165) is 16.3 Å². The standard InChI is InChI=1S/C15H18N3OS/c1-12-4-6-13(7-5-12)14(19)10-18-8-9-20-15(18)16-11-17(2)3/h4-9,11H,10H2,1-3H3/q+1. The van der Waals surface area contributed by atoms with Crippen LogP contribution in [0.15, 0.2) is 40.8 Å². The molecule has 0 N–H and O–H groups in total. The zero-order valence-corrected chi connectivity index (χ0v) is 12.7. The molecule has 0 saturated carbocycles. The molecule has 0 atom stereocenters.